The summed E-state index contributed by atoms with van der Waals surface area (Å²) in [6.45, 7) is 1.92. The Bertz CT molecular complexity index is 628. The summed E-state index contributed by atoms with van der Waals surface area (Å²) in [7, 11) is 0. The van der Waals surface area contributed by atoms with Gasteiger partial charge in [0.05, 0.1) is 11.6 Å². The van der Waals surface area contributed by atoms with Gasteiger partial charge in [0, 0.05) is 15.2 Å². The molecule has 2 aromatic rings. The van der Waals surface area contributed by atoms with E-state index in [1.165, 1.54) is 0 Å². The van der Waals surface area contributed by atoms with E-state index in [4.69, 9.17) is 17.3 Å². The Morgan fingerprint density at radius 1 is 1.25 bits per heavy atom. The third-order valence-electron chi connectivity index (χ3n) is 2.95. The van der Waals surface area contributed by atoms with E-state index in [0.717, 1.165) is 5.56 Å². The molecule has 0 spiro atoms. The second-order valence-electron chi connectivity index (χ2n) is 4.49. The van der Waals surface area contributed by atoms with Gasteiger partial charge in [-0.3, -0.25) is 4.79 Å². The molecular formula is C15H14BrClN2O. The number of nitrogen functional groups attached to an aromatic ring is 1. The number of halogens is 2. The van der Waals surface area contributed by atoms with Gasteiger partial charge < -0.3 is 11.1 Å². The van der Waals surface area contributed by atoms with Crippen molar-refractivity contribution in [3.63, 3.8) is 0 Å². The average Bonchev–Trinajstić information content (AvgIpc) is 2.42. The maximum Gasteiger partial charge on any atom is 0.252 e. The van der Waals surface area contributed by atoms with Gasteiger partial charge in [0.15, 0.2) is 0 Å². The van der Waals surface area contributed by atoms with Crippen LogP contribution in [0.1, 0.15) is 28.9 Å². The number of rotatable bonds is 3. The fraction of sp³-hybridized carbons (Fsp3) is 0.133. The Labute approximate surface area is 131 Å². The SMILES string of the molecule is C[C@H](NC(=O)c1cc(N)ccc1Br)c1ccc(Cl)cc1. The predicted molar refractivity (Wildman–Crippen MR) is 85.9 cm³/mol. The Morgan fingerprint density at radius 2 is 1.90 bits per heavy atom. The summed E-state index contributed by atoms with van der Waals surface area (Å²) in [4.78, 5) is 12.2. The van der Waals surface area contributed by atoms with Crippen molar-refractivity contribution >= 4 is 39.1 Å². The van der Waals surface area contributed by atoms with Gasteiger partial charge in [0.1, 0.15) is 0 Å². The van der Waals surface area contributed by atoms with E-state index in [1.54, 1.807) is 30.3 Å². The van der Waals surface area contributed by atoms with Crippen LogP contribution in [-0.2, 0) is 0 Å². The summed E-state index contributed by atoms with van der Waals surface area (Å²) in [6.07, 6.45) is 0. The number of hydrogen-bond acceptors (Lipinski definition) is 2. The van der Waals surface area contributed by atoms with Crippen LogP contribution in [0.2, 0.25) is 5.02 Å². The second-order valence-corrected chi connectivity index (χ2v) is 5.78. The van der Waals surface area contributed by atoms with Crippen LogP contribution in [0.3, 0.4) is 0 Å². The molecule has 20 heavy (non-hydrogen) atoms. The standard InChI is InChI=1S/C15H14BrClN2O/c1-9(10-2-4-11(17)5-3-10)19-15(20)13-8-12(18)6-7-14(13)16/h2-9H,18H2,1H3,(H,19,20)/t9-/m0/s1. The molecule has 0 radical (unpaired) electrons. The van der Waals surface area contributed by atoms with Gasteiger partial charge >= 0.3 is 0 Å². The molecule has 1 atom stereocenters. The summed E-state index contributed by atoms with van der Waals surface area (Å²) in [5, 5.41) is 3.60. The van der Waals surface area contributed by atoms with Crippen LogP contribution < -0.4 is 11.1 Å². The first-order chi connectivity index (χ1) is 9.47. The lowest BCUT2D eigenvalue weighted by molar-refractivity contribution is 0.0939. The van der Waals surface area contributed by atoms with Crippen LogP contribution in [0.15, 0.2) is 46.9 Å². The fourth-order valence-electron chi connectivity index (χ4n) is 1.83. The smallest absolute Gasteiger partial charge is 0.252 e. The van der Waals surface area contributed by atoms with Gasteiger partial charge in [-0.15, -0.1) is 0 Å². The first-order valence-electron chi connectivity index (χ1n) is 6.08. The van der Waals surface area contributed by atoms with Crippen molar-refractivity contribution < 1.29 is 4.79 Å². The van der Waals surface area contributed by atoms with E-state index < -0.39 is 0 Å². The van der Waals surface area contributed by atoms with E-state index in [-0.39, 0.29) is 11.9 Å². The molecule has 104 valence electrons. The zero-order valence-electron chi connectivity index (χ0n) is 10.9. The summed E-state index contributed by atoms with van der Waals surface area (Å²) in [6, 6.07) is 12.4. The molecule has 0 aromatic heterocycles. The molecule has 1 amide bonds. The number of carbonyl (C=O) groups is 1. The Kier molecular flexibility index (Phi) is 4.68. The molecular weight excluding hydrogens is 340 g/mol. The molecule has 0 saturated heterocycles. The summed E-state index contributed by atoms with van der Waals surface area (Å²) >= 11 is 9.20. The molecule has 0 saturated carbocycles. The minimum atomic E-state index is -0.174. The van der Waals surface area contributed by atoms with Crippen molar-refractivity contribution in [2.45, 2.75) is 13.0 Å². The highest BCUT2D eigenvalue weighted by Crippen LogP contribution is 2.21. The van der Waals surface area contributed by atoms with Crippen molar-refractivity contribution in [2.24, 2.45) is 0 Å². The van der Waals surface area contributed by atoms with Gasteiger partial charge in [-0.25, -0.2) is 0 Å². The zero-order chi connectivity index (χ0) is 14.7. The quantitative estimate of drug-likeness (QED) is 0.813. The Hall–Kier alpha value is -1.52. The van der Waals surface area contributed by atoms with Crippen molar-refractivity contribution in [2.75, 3.05) is 5.73 Å². The Balaban J connectivity index is 2.15. The molecule has 0 aliphatic carbocycles. The molecule has 2 aromatic carbocycles. The highest BCUT2D eigenvalue weighted by atomic mass is 79.9. The van der Waals surface area contributed by atoms with Gasteiger partial charge in [0.25, 0.3) is 5.91 Å². The molecule has 3 N–H and O–H groups in total. The minimum Gasteiger partial charge on any atom is -0.399 e. The topological polar surface area (TPSA) is 55.1 Å². The molecule has 0 bridgehead atoms. The normalized spacial score (nSPS) is 11.9. The van der Waals surface area contributed by atoms with E-state index in [0.29, 0.717) is 20.7 Å². The lowest BCUT2D eigenvalue weighted by Gasteiger charge is -2.15. The van der Waals surface area contributed by atoms with Crippen molar-refractivity contribution in [3.8, 4) is 0 Å². The van der Waals surface area contributed by atoms with Crippen LogP contribution in [-0.4, -0.2) is 5.91 Å². The van der Waals surface area contributed by atoms with E-state index in [2.05, 4.69) is 21.2 Å². The molecule has 2 rings (SSSR count). The van der Waals surface area contributed by atoms with Gasteiger partial charge in [-0.05, 0) is 58.7 Å². The van der Waals surface area contributed by atoms with Crippen molar-refractivity contribution in [1.29, 1.82) is 0 Å². The summed E-state index contributed by atoms with van der Waals surface area (Å²) in [5.74, 6) is -0.174. The van der Waals surface area contributed by atoms with E-state index in [1.807, 2.05) is 19.1 Å². The van der Waals surface area contributed by atoms with Gasteiger partial charge in [-0.1, -0.05) is 23.7 Å². The number of amides is 1. The third kappa shape index (κ3) is 3.52. The predicted octanol–water partition coefficient (Wildman–Crippen LogP) is 4.18. The summed E-state index contributed by atoms with van der Waals surface area (Å²) in [5.41, 5.74) is 7.77. The van der Waals surface area contributed by atoms with Gasteiger partial charge in [0.2, 0.25) is 0 Å². The molecule has 5 heteroatoms. The monoisotopic (exact) mass is 352 g/mol. The molecule has 0 fully saturated rings. The average molecular weight is 354 g/mol. The molecule has 0 unspecified atom stereocenters. The third-order valence-corrected chi connectivity index (χ3v) is 3.90. The van der Waals surface area contributed by atoms with Crippen LogP contribution in [0.25, 0.3) is 0 Å². The molecule has 3 nitrogen and oxygen atoms in total. The van der Waals surface area contributed by atoms with Crippen LogP contribution in [0.5, 0.6) is 0 Å². The molecule has 0 heterocycles. The Morgan fingerprint density at radius 3 is 2.55 bits per heavy atom. The lowest BCUT2D eigenvalue weighted by Crippen LogP contribution is -2.27. The van der Waals surface area contributed by atoms with Crippen LogP contribution >= 0.6 is 27.5 Å². The second kappa shape index (κ2) is 6.29. The van der Waals surface area contributed by atoms with Crippen LogP contribution in [0, 0.1) is 0 Å². The van der Waals surface area contributed by atoms with Crippen molar-refractivity contribution in [1.82, 2.24) is 5.32 Å². The van der Waals surface area contributed by atoms with E-state index in [9.17, 15) is 4.79 Å². The minimum absolute atomic E-state index is 0.118. The van der Waals surface area contributed by atoms with Crippen molar-refractivity contribution in [3.05, 3.63) is 63.1 Å². The van der Waals surface area contributed by atoms with Crippen LogP contribution in [0.4, 0.5) is 5.69 Å². The first-order valence-corrected chi connectivity index (χ1v) is 7.26. The molecule has 0 aliphatic rings. The number of nitrogens with one attached hydrogen (secondary N) is 1. The zero-order valence-corrected chi connectivity index (χ0v) is 13.2. The number of benzene rings is 2. The number of carbonyl (C=O) groups excluding carboxylic acids is 1. The number of nitrogens with two attached hydrogens (primary N) is 1. The maximum absolute atomic E-state index is 12.2. The van der Waals surface area contributed by atoms with Gasteiger partial charge in [-0.2, -0.15) is 0 Å². The number of anilines is 1. The first kappa shape index (κ1) is 14.9. The largest absolute Gasteiger partial charge is 0.399 e. The number of hydrogen-bond donors (Lipinski definition) is 2. The molecule has 0 aliphatic heterocycles. The maximum atomic E-state index is 12.2. The van der Waals surface area contributed by atoms with E-state index >= 15 is 0 Å². The summed E-state index contributed by atoms with van der Waals surface area (Å²) < 4.78 is 0.715. The highest BCUT2D eigenvalue weighted by Gasteiger charge is 2.14. The fourth-order valence-corrected chi connectivity index (χ4v) is 2.38. The highest BCUT2D eigenvalue weighted by molar-refractivity contribution is 9.10. The lowest BCUT2D eigenvalue weighted by atomic mass is 10.1.